The van der Waals surface area contributed by atoms with Gasteiger partial charge in [-0.15, -0.1) is 0 Å². The van der Waals surface area contributed by atoms with E-state index in [2.05, 4.69) is 164 Å². The summed E-state index contributed by atoms with van der Waals surface area (Å²) in [6.45, 7) is 4.50. The van der Waals surface area contributed by atoms with Gasteiger partial charge in [0, 0.05) is 33.6 Å². The third kappa shape index (κ3) is 3.23. The molecule has 0 radical (unpaired) electrons. The molecule has 1 aromatic heterocycles. The topological polar surface area (TPSA) is 39.6 Å². The van der Waals surface area contributed by atoms with Gasteiger partial charge in [0.1, 0.15) is 0 Å². The van der Waals surface area contributed by atoms with Crippen molar-refractivity contribution in [2.45, 2.75) is 31.1 Å². The number of hydrogen-bond acceptors (Lipinski definition) is 1. The Morgan fingerprint density at radius 3 is 1.76 bits per heavy atom. The van der Waals surface area contributed by atoms with E-state index in [1.807, 2.05) is 0 Å². The van der Waals surface area contributed by atoms with Crippen LogP contribution in [0.2, 0.25) is 0 Å². The number of nitriles is 1. The quantitative estimate of drug-likeness (QED) is 0.191. The first-order chi connectivity index (χ1) is 24.6. The fraction of sp³-hybridized carbons (Fsp3) is 0.104. The molecular formula is C48H32N2. The molecule has 50 heavy (non-hydrogen) atoms. The molecule has 0 bridgehead atoms. The molecule has 2 heteroatoms. The van der Waals surface area contributed by atoms with Crippen LogP contribution in [-0.2, 0) is 5.41 Å². The largest absolute Gasteiger partial charge is 0.354 e. The van der Waals surface area contributed by atoms with Crippen molar-refractivity contribution >= 4 is 21.8 Å². The second-order valence-electron chi connectivity index (χ2n) is 14.4. The summed E-state index contributed by atoms with van der Waals surface area (Å²) in [5, 5.41) is 13.2. The molecule has 8 aromatic rings. The zero-order valence-corrected chi connectivity index (χ0v) is 27.9. The second kappa shape index (κ2) is 9.71. The third-order valence-electron chi connectivity index (χ3n) is 12.2. The summed E-state index contributed by atoms with van der Waals surface area (Å²) in [4.78, 5) is 3.89. The lowest BCUT2D eigenvalue weighted by molar-refractivity contribution is 0.794. The normalized spacial score (nSPS) is 17.1. The number of aryl methyl sites for hydroxylation is 1. The number of fused-ring (bicyclic) bond motifs is 16. The smallest absolute Gasteiger partial charge is 0.0995 e. The molecule has 3 aliphatic carbocycles. The molecule has 11 rings (SSSR count). The molecule has 1 heterocycles. The van der Waals surface area contributed by atoms with E-state index < -0.39 is 5.41 Å². The van der Waals surface area contributed by atoms with Gasteiger partial charge in [-0.3, -0.25) is 0 Å². The van der Waals surface area contributed by atoms with Crippen molar-refractivity contribution in [1.82, 2.24) is 4.98 Å². The molecule has 0 aliphatic heterocycles. The Balaban J connectivity index is 1.29. The molecule has 3 aliphatic rings. The van der Waals surface area contributed by atoms with Gasteiger partial charge in [0.2, 0.25) is 0 Å². The van der Waals surface area contributed by atoms with Gasteiger partial charge in [-0.1, -0.05) is 128 Å². The van der Waals surface area contributed by atoms with Crippen molar-refractivity contribution in [3.05, 3.63) is 201 Å². The van der Waals surface area contributed by atoms with Crippen molar-refractivity contribution in [1.29, 1.82) is 5.26 Å². The monoisotopic (exact) mass is 636 g/mol. The van der Waals surface area contributed by atoms with Crippen LogP contribution in [0.4, 0.5) is 0 Å². The van der Waals surface area contributed by atoms with E-state index in [1.54, 1.807) is 0 Å². The minimum absolute atomic E-state index is 0.00821. The number of benzene rings is 7. The Hall–Kier alpha value is -6.17. The average Bonchev–Trinajstić information content (AvgIpc) is 3.77. The van der Waals surface area contributed by atoms with Gasteiger partial charge in [-0.05, 0) is 103 Å². The molecule has 1 N–H and O–H groups in total. The Kier molecular flexibility index (Phi) is 5.39. The summed E-state index contributed by atoms with van der Waals surface area (Å²) in [6.07, 6.45) is 0. The minimum Gasteiger partial charge on any atom is -0.354 e. The summed E-state index contributed by atoms with van der Waals surface area (Å²) in [5.74, 6) is 0.101. The molecule has 2 atom stereocenters. The summed E-state index contributed by atoms with van der Waals surface area (Å²) < 4.78 is 0. The van der Waals surface area contributed by atoms with Gasteiger partial charge >= 0.3 is 0 Å². The number of nitrogens with one attached hydrogen (secondary N) is 1. The van der Waals surface area contributed by atoms with Gasteiger partial charge < -0.3 is 4.98 Å². The van der Waals surface area contributed by atoms with Crippen LogP contribution in [0.25, 0.3) is 44.1 Å². The Morgan fingerprint density at radius 2 is 1.12 bits per heavy atom. The molecule has 0 fully saturated rings. The first kappa shape index (κ1) is 27.7. The minimum atomic E-state index is -0.404. The molecule has 0 saturated carbocycles. The van der Waals surface area contributed by atoms with Gasteiger partial charge in [0.05, 0.1) is 17.0 Å². The number of H-pyrrole nitrogens is 1. The number of hydrogen-bond donors (Lipinski definition) is 1. The van der Waals surface area contributed by atoms with Crippen LogP contribution >= 0.6 is 0 Å². The third-order valence-corrected chi connectivity index (χ3v) is 12.2. The molecule has 234 valence electrons. The lowest BCUT2D eigenvalue weighted by Gasteiger charge is -2.35. The van der Waals surface area contributed by atoms with E-state index >= 15 is 0 Å². The summed E-state index contributed by atoms with van der Waals surface area (Å²) in [6, 6.07) is 54.3. The maximum Gasteiger partial charge on any atom is 0.0995 e. The van der Waals surface area contributed by atoms with Gasteiger partial charge in [-0.25, -0.2) is 0 Å². The summed E-state index contributed by atoms with van der Waals surface area (Å²) >= 11 is 0. The number of nitrogens with zero attached hydrogens (tertiary/aromatic N) is 1. The fourth-order valence-corrected chi connectivity index (χ4v) is 10.3. The first-order valence-corrected chi connectivity index (χ1v) is 17.6. The lowest BCUT2D eigenvalue weighted by Crippen LogP contribution is -2.25. The number of rotatable bonds is 1. The molecule has 1 spiro atoms. The molecule has 2 nitrogen and oxygen atoms in total. The van der Waals surface area contributed by atoms with E-state index in [0.717, 1.165) is 22.2 Å². The predicted octanol–water partition coefficient (Wildman–Crippen LogP) is 11.5. The molecule has 7 aromatic carbocycles. The average molecular weight is 637 g/mol. The Bertz CT molecular complexity index is 2780. The summed E-state index contributed by atoms with van der Waals surface area (Å²) in [7, 11) is 0. The highest BCUT2D eigenvalue weighted by atomic mass is 14.7. The van der Waals surface area contributed by atoms with Crippen LogP contribution in [0.3, 0.4) is 0 Å². The van der Waals surface area contributed by atoms with Crippen molar-refractivity contribution < 1.29 is 0 Å². The van der Waals surface area contributed by atoms with Crippen molar-refractivity contribution in [3.8, 4) is 28.3 Å². The van der Waals surface area contributed by atoms with Crippen molar-refractivity contribution in [2.75, 3.05) is 0 Å². The van der Waals surface area contributed by atoms with E-state index in [-0.39, 0.29) is 11.8 Å². The van der Waals surface area contributed by atoms with Crippen LogP contribution < -0.4 is 0 Å². The highest BCUT2D eigenvalue weighted by Gasteiger charge is 2.51. The first-order valence-electron chi connectivity index (χ1n) is 17.6. The molecular weight excluding hydrogens is 605 g/mol. The van der Waals surface area contributed by atoms with Crippen molar-refractivity contribution in [3.63, 3.8) is 0 Å². The number of aromatic amines is 1. The van der Waals surface area contributed by atoms with Crippen LogP contribution in [-0.4, -0.2) is 4.98 Å². The molecule has 2 unspecified atom stereocenters. The van der Waals surface area contributed by atoms with Gasteiger partial charge in [0.15, 0.2) is 0 Å². The molecule has 0 amide bonds. The molecule has 0 saturated heterocycles. The highest BCUT2D eigenvalue weighted by molar-refractivity contribution is 6.13. The standard InChI is InChI=1S/C48H32N2/c1-27-13-3-4-14-30(27)45-35-19-6-5-15-31(35)28(2)44-29(26-49)23-43-46(47(44)45)37-24-36-34-18-9-12-22-40(34)48(41(36)25-42(37)50-43)38-20-10-7-16-32(38)33-17-8-11-21-39(33)48/h3-25,28,45,50H,1-2H3. The van der Waals surface area contributed by atoms with E-state index in [0.29, 0.717) is 0 Å². The fourth-order valence-electron chi connectivity index (χ4n) is 10.3. The van der Waals surface area contributed by atoms with Crippen LogP contribution in [0, 0.1) is 18.3 Å². The van der Waals surface area contributed by atoms with E-state index in [9.17, 15) is 5.26 Å². The van der Waals surface area contributed by atoms with Crippen LogP contribution in [0.15, 0.2) is 140 Å². The Labute approximate surface area is 291 Å². The number of aromatic nitrogens is 1. The van der Waals surface area contributed by atoms with E-state index in [4.69, 9.17) is 0 Å². The van der Waals surface area contributed by atoms with Gasteiger partial charge in [-0.2, -0.15) is 5.26 Å². The SMILES string of the molecule is Cc1ccccc1C1c2ccccc2C(C)c2c(C#N)cc3[nH]c4cc5c(cc4c3c21)-c1ccccc1C51c2ccccc2-c2ccccc21. The maximum absolute atomic E-state index is 10.7. The lowest BCUT2D eigenvalue weighted by atomic mass is 9.67. The zero-order chi connectivity index (χ0) is 33.3. The van der Waals surface area contributed by atoms with Crippen LogP contribution in [0.1, 0.15) is 80.0 Å². The summed E-state index contributed by atoms with van der Waals surface area (Å²) in [5.41, 5.74) is 20.7. The predicted molar refractivity (Wildman–Crippen MR) is 203 cm³/mol. The highest BCUT2D eigenvalue weighted by Crippen LogP contribution is 2.63. The van der Waals surface area contributed by atoms with Crippen molar-refractivity contribution in [2.24, 2.45) is 0 Å². The van der Waals surface area contributed by atoms with Crippen LogP contribution in [0.5, 0.6) is 0 Å². The maximum atomic E-state index is 10.7. The van der Waals surface area contributed by atoms with E-state index in [1.165, 1.54) is 83.1 Å². The second-order valence-corrected chi connectivity index (χ2v) is 14.4. The van der Waals surface area contributed by atoms with Gasteiger partial charge in [0.25, 0.3) is 0 Å². The Morgan fingerprint density at radius 1 is 0.560 bits per heavy atom. The zero-order valence-electron chi connectivity index (χ0n) is 27.9.